The summed E-state index contributed by atoms with van der Waals surface area (Å²) >= 11 is 6.17. The Balaban J connectivity index is 1.39. The molecule has 2 aromatic carbocycles. The van der Waals surface area contributed by atoms with Crippen LogP contribution < -0.4 is 15.8 Å². The number of nitrogens with zero attached hydrogens (tertiary/aromatic N) is 4. The number of fused-ring (bicyclic) bond motifs is 1. The van der Waals surface area contributed by atoms with Crippen molar-refractivity contribution >= 4 is 28.9 Å². The van der Waals surface area contributed by atoms with Crippen LogP contribution in [0.25, 0.3) is 17.0 Å². The van der Waals surface area contributed by atoms with Gasteiger partial charge in [-0.05, 0) is 54.5 Å². The van der Waals surface area contributed by atoms with Crippen molar-refractivity contribution in [2.75, 3.05) is 23.3 Å². The zero-order valence-electron chi connectivity index (χ0n) is 20.6. The number of benzene rings is 2. The van der Waals surface area contributed by atoms with Gasteiger partial charge in [0.05, 0.1) is 0 Å². The summed E-state index contributed by atoms with van der Waals surface area (Å²) in [5.74, 6) is 1.34. The summed E-state index contributed by atoms with van der Waals surface area (Å²) in [6, 6.07) is 16.3. The molecule has 4 aromatic rings. The predicted octanol–water partition coefficient (Wildman–Crippen LogP) is 5.42. The maximum atomic E-state index is 12.2. The molecule has 7 nitrogen and oxygen atoms in total. The van der Waals surface area contributed by atoms with Gasteiger partial charge in [-0.3, -0.25) is 9.89 Å². The van der Waals surface area contributed by atoms with Crippen molar-refractivity contribution in [3.8, 4) is 11.4 Å². The first kappa shape index (κ1) is 23.4. The maximum absolute atomic E-state index is 12.2. The first-order valence-corrected chi connectivity index (χ1v) is 12.4. The Morgan fingerprint density at radius 2 is 1.74 bits per heavy atom. The molecular weight excluding hydrogens is 460 g/mol. The van der Waals surface area contributed by atoms with Crippen LogP contribution in [0.1, 0.15) is 44.7 Å². The summed E-state index contributed by atoms with van der Waals surface area (Å²) in [5, 5.41) is 7.28. The number of hydrogen-bond acceptors (Lipinski definition) is 5. The predicted molar refractivity (Wildman–Crippen MR) is 143 cm³/mol. The molecular formula is C27H31ClN6O. The maximum Gasteiger partial charge on any atom is 0.266 e. The number of hydrogen-bond donors (Lipinski definition) is 2. The fraction of sp³-hybridized carbons (Fsp3) is 0.370. The quantitative estimate of drug-likeness (QED) is 0.399. The summed E-state index contributed by atoms with van der Waals surface area (Å²) in [5.41, 5.74) is 4.81. The summed E-state index contributed by atoms with van der Waals surface area (Å²) in [4.78, 5) is 23.9. The highest BCUT2D eigenvalue weighted by atomic mass is 35.5. The molecule has 0 atom stereocenters. The monoisotopic (exact) mass is 490 g/mol. The van der Waals surface area contributed by atoms with Gasteiger partial charge in [-0.1, -0.05) is 56.6 Å². The number of aromatic amines is 1. The van der Waals surface area contributed by atoms with Gasteiger partial charge in [0.25, 0.3) is 5.56 Å². The minimum absolute atomic E-state index is 0.0749. The molecule has 8 heteroatoms. The van der Waals surface area contributed by atoms with Gasteiger partial charge in [0.2, 0.25) is 5.95 Å². The Morgan fingerprint density at radius 3 is 2.40 bits per heavy atom. The molecule has 35 heavy (non-hydrogen) atoms. The van der Waals surface area contributed by atoms with Crippen LogP contribution in [0.3, 0.4) is 0 Å². The average Bonchev–Trinajstić information content (AvgIpc) is 3.21. The minimum Gasteiger partial charge on any atom is -0.382 e. The number of piperidine rings is 1. The van der Waals surface area contributed by atoms with Crippen molar-refractivity contribution in [1.82, 2.24) is 19.6 Å². The standard InChI is InChI=1S/C27H31ClN6O/c1-17-15-21(9-10-22(17)28)29-20-11-13-33(14-12-20)26-31-25(30-23-16-24(35)32-34(23)26)18-5-7-19(8-6-18)27(2,3)4/h5-10,15-16,20,29H,11-14H2,1-4H3,(H,32,35). The van der Waals surface area contributed by atoms with Crippen LogP contribution in [0.5, 0.6) is 0 Å². The zero-order chi connectivity index (χ0) is 24.7. The Morgan fingerprint density at radius 1 is 1.03 bits per heavy atom. The Hall–Kier alpha value is -3.32. The van der Waals surface area contributed by atoms with Crippen LogP contribution in [0.4, 0.5) is 11.6 Å². The van der Waals surface area contributed by atoms with Gasteiger partial charge in [0.1, 0.15) is 0 Å². The van der Waals surface area contributed by atoms with E-state index >= 15 is 0 Å². The lowest BCUT2D eigenvalue weighted by molar-refractivity contribution is 0.516. The molecule has 0 bridgehead atoms. The van der Waals surface area contributed by atoms with E-state index in [1.807, 2.05) is 19.1 Å². The van der Waals surface area contributed by atoms with Crippen molar-refractivity contribution in [2.24, 2.45) is 0 Å². The molecule has 0 saturated carbocycles. The minimum atomic E-state index is -0.185. The molecule has 0 unspecified atom stereocenters. The summed E-state index contributed by atoms with van der Waals surface area (Å²) < 4.78 is 1.70. The van der Waals surface area contributed by atoms with Crippen LogP contribution in [0.15, 0.2) is 53.3 Å². The third-order valence-electron chi connectivity index (χ3n) is 6.65. The Labute approximate surface area is 210 Å². The summed E-state index contributed by atoms with van der Waals surface area (Å²) in [6.07, 6.45) is 1.91. The van der Waals surface area contributed by atoms with Crippen molar-refractivity contribution < 1.29 is 0 Å². The van der Waals surface area contributed by atoms with Crippen LogP contribution >= 0.6 is 11.6 Å². The number of aryl methyl sites for hydroxylation is 1. The molecule has 0 radical (unpaired) electrons. The van der Waals surface area contributed by atoms with E-state index in [9.17, 15) is 4.79 Å². The van der Waals surface area contributed by atoms with E-state index in [1.54, 1.807) is 4.52 Å². The molecule has 5 rings (SSSR count). The van der Waals surface area contributed by atoms with Crippen LogP contribution in [0.2, 0.25) is 5.02 Å². The molecule has 1 aliphatic rings. The lowest BCUT2D eigenvalue weighted by Crippen LogP contribution is -2.40. The average molecular weight is 491 g/mol. The van der Waals surface area contributed by atoms with Gasteiger partial charge in [-0.2, -0.15) is 4.98 Å². The number of rotatable bonds is 4. The van der Waals surface area contributed by atoms with Gasteiger partial charge >= 0.3 is 0 Å². The van der Waals surface area contributed by atoms with Crippen LogP contribution in [0, 0.1) is 6.92 Å². The molecule has 0 spiro atoms. The third kappa shape index (κ3) is 4.91. The van der Waals surface area contributed by atoms with Gasteiger partial charge in [-0.15, -0.1) is 0 Å². The van der Waals surface area contributed by atoms with E-state index in [2.05, 4.69) is 71.4 Å². The lowest BCUT2D eigenvalue weighted by atomic mass is 9.87. The van der Waals surface area contributed by atoms with Crippen molar-refractivity contribution in [2.45, 2.75) is 52.0 Å². The molecule has 1 saturated heterocycles. The second kappa shape index (κ2) is 9.04. The second-order valence-electron chi connectivity index (χ2n) is 10.4. The van der Waals surface area contributed by atoms with Gasteiger partial charge in [-0.25, -0.2) is 9.50 Å². The van der Waals surface area contributed by atoms with Crippen molar-refractivity contribution in [3.63, 3.8) is 0 Å². The lowest BCUT2D eigenvalue weighted by Gasteiger charge is -2.33. The normalized spacial score (nSPS) is 15.1. The van der Waals surface area contributed by atoms with E-state index in [4.69, 9.17) is 16.6 Å². The molecule has 1 aliphatic heterocycles. The van der Waals surface area contributed by atoms with E-state index in [0.29, 0.717) is 23.5 Å². The molecule has 2 aromatic heterocycles. The van der Waals surface area contributed by atoms with E-state index in [-0.39, 0.29) is 11.0 Å². The molecule has 182 valence electrons. The zero-order valence-corrected chi connectivity index (χ0v) is 21.4. The van der Waals surface area contributed by atoms with E-state index in [0.717, 1.165) is 47.8 Å². The van der Waals surface area contributed by atoms with Crippen molar-refractivity contribution in [1.29, 1.82) is 0 Å². The smallest absolute Gasteiger partial charge is 0.266 e. The van der Waals surface area contributed by atoms with Crippen LogP contribution in [-0.4, -0.2) is 38.7 Å². The Kier molecular flexibility index (Phi) is 6.05. The highest BCUT2D eigenvalue weighted by molar-refractivity contribution is 6.31. The highest BCUT2D eigenvalue weighted by Gasteiger charge is 2.24. The van der Waals surface area contributed by atoms with E-state index in [1.165, 1.54) is 11.6 Å². The SMILES string of the molecule is Cc1cc(NC2CCN(c3nc(-c4ccc(C(C)(C)C)cc4)nc4cc(=O)[nH]n34)CC2)ccc1Cl. The highest BCUT2D eigenvalue weighted by Crippen LogP contribution is 2.28. The fourth-order valence-corrected chi connectivity index (χ4v) is 4.67. The molecule has 0 amide bonds. The molecule has 0 aliphatic carbocycles. The van der Waals surface area contributed by atoms with Gasteiger partial charge in [0.15, 0.2) is 11.5 Å². The molecule has 1 fully saturated rings. The molecule has 3 heterocycles. The third-order valence-corrected chi connectivity index (χ3v) is 7.08. The number of aromatic nitrogens is 4. The summed E-state index contributed by atoms with van der Waals surface area (Å²) in [7, 11) is 0. The number of halogens is 1. The number of H-pyrrole nitrogens is 1. The topological polar surface area (TPSA) is 78.3 Å². The van der Waals surface area contributed by atoms with Crippen LogP contribution in [-0.2, 0) is 5.41 Å². The number of nitrogens with one attached hydrogen (secondary N) is 2. The fourth-order valence-electron chi connectivity index (χ4n) is 4.55. The van der Waals surface area contributed by atoms with Crippen molar-refractivity contribution in [3.05, 3.63) is 75.0 Å². The van der Waals surface area contributed by atoms with Gasteiger partial charge < -0.3 is 10.2 Å². The summed E-state index contributed by atoms with van der Waals surface area (Å²) in [6.45, 7) is 10.2. The Bertz CT molecular complexity index is 1410. The second-order valence-corrected chi connectivity index (χ2v) is 10.8. The largest absolute Gasteiger partial charge is 0.382 e. The first-order valence-electron chi connectivity index (χ1n) is 12.1. The number of anilines is 2. The first-order chi connectivity index (χ1) is 16.7. The molecule has 2 N–H and O–H groups in total. The van der Waals surface area contributed by atoms with Gasteiger partial charge in [0, 0.05) is 41.5 Å². The van der Waals surface area contributed by atoms with E-state index < -0.39 is 0 Å².